The molecule has 0 amide bonds. The minimum absolute atomic E-state index is 0.203. The molecule has 1 aromatic carbocycles. The van der Waals surface area contributed by atoms with Gasteiger partial charge in [-0.05, 0) is 16.5 Å². The highest BCUT2D eigenvalue weighted by molar-refractivity contribution is 5.32. The first-order valence-corrected chi connectivity index (χ1v) is 4.63. The number of methoxy groups -OCH3 is 1. The molecule has 0 aliphatic rings. The minimum Gasteiger partial charge on any atom is -0.380 e. The predicted molar refractivity (Wildman–Crippen MR) is 55.9 cm³/mol. The summed E-state index contributed by atoms with van der Waals surface area (Å²) < 4.78 is 5.16. The molecule has 0 aliphatic carbocycles. The molecule has 0 spiro atoms. The summed E-state index contributed by atoms with van der Waals surface area (Å²) in [6.07, 6.45) is 0. The zero-order valence-electron chi connectivity index (χ0n) is 8.92. The maximum atomic E-state index is 5.16. The van der Waals surface area contributed by atoms with E-state index in [0.29, 0.717) is 6.61 Å². The van der Waals surface area contributed by atoms with Crippen molar-refractivity contribution in [3.8, 4) is 0 Å². The van der Waals surface area contributed by atoms with Crippen molar-refractivity contribution >= 4 is 0 Å². The van der Waals surface area contributed by atoms with Gasteiger partial charge in [-0.1, -0.05) is 45.0 Å². The van der Waals surface area contributed by atoms with Crippen molar-refractivity contribution in [2.45, 2.75) is 32.8 Å². The molecule has 1 nitrogen and oxygen atoms in total. The lowest BCUT2D eigenvalue weighted by Gasteiger charge is -2.22. The molecular formula is C12H18O. The monoisotopic (exact) mass is 178 g/mol. The lowest BCUT2D eigenvalue weighted by Crippen LogP contribution is -2.14. The zero-order valence-corrected chi connectivity index (χ0v) is 8.92. The van der Waals surface area contributed by atoms with Crippen molar-refractivity contribution in [1.82, 2.24) is 0 Å². The van der Waals surface area contributed by atoms with Gasteiger partial charge in [0.15, 0.2) is 0 Å². The fourth-order valence-corrected chi connectivity index (χ4v) is 1.53. The molecule has 0 saturated heterocycles. The van der Waals surface area contributed by atoms with Crippen molar-refractivity contribution in [2.75, 3.05) is 7.11 Å². The molecule has 0 atom stereocenters. The summed E-state index contributed by atoms with van der Waals surface area (Å²) in [5, 5.41) is 0. The molecule has 0 aliphatic heterocycles. The van der Waals surface area contributed by atoms with Gasteiger partial charge >= 0.3 is 0 Å². The molecule has 0 bridgehead atoms. The SMILES string of the molecule is COCc1ccccc1C(C)(C)C. The number of benzene rings is 1. The van der Waals surface area contributed by atoms with Crippen LogP contribution in [0.2, 0.25) is 0 Å². The molecular weight excluding hydrogens is 160 g/mol. The van der Waals surface area contributed by atoms with Gasteiger partial charge < -0.3 is 4.74 Å². The highest BCUT2D eigenvalue weighted by Gasteiger charge is 2.16. The number of hydrogen-bond donors (Lipinski definition) is 0. The summed E-state index contributed by atoms with van der Waals surface area (Å²) >= 11 is 0. The summed E-state index contributed by atoms with van der Waals surface area (Å²) in [5.41, 5.74) is 2.86. The second-order valence-corrected chi connectivity index (χ2v) is 4.34. The first-order valence-electron chi connectivity index (χ1n) is 4.63. The highest BCUT2D eigenvalue weighted by Crippen LogP contribution is 2.25. The van der Waals surface area contributed by atoms with Gasteiger partial charge in [0, 0.05) is 7.11 Å². The van der Waals surface area contributed by atoms with Crippen LogP contribution in [0.5, 0.6) is 0 Å². The van der Waals surface area contributed by atoms with Crippen molar-refractivity contribution in [2.24, 2.45) is 0 Å². The Labute approximate surface area is 80.7 Å². The van der Waals surface area contributed by atoms with Gasteiger partial charge in [-0.25, -0.2) is 0 Å². The van der Waals surface area contributed by atoms with E-state index in [1.165, 1.54) is 11.1 Å². The Morgan fingerprint density at radius 3 is 2.31 bits per heavy atom. The number of hydrogen-bond acceptors (Lipinski definition) is 1. The number of rotatable bonds is 2. The molecule has 0 N–H and O–H groups in total. The molecule has 13 heavy (non-hydrogen) atoms. The van der Waals surface area contributed by atoms with E-state index >= 15 is 0 Å². The molecule has 1 aromatic rings. The Morgan fingerprint density at radius 1 is 1.15 bits per heavy atom. The standard InChI is InChI=1S/C12H18O/c1-12(2,3)11-8-6-5-7-10(11)9-13-4/h5-8H,9H2,1-4H3. The van der Waals surface area contributed by atoms with E-state index in [4.69, 9.17) is 4.74 Å². The summed E-state index contributed by atoms with van der Waals surface area (Å²) in [6, 6.07) is 8.45. The van der Waals surface area contributed by atoms with E-state index in [9.17, 15) is 0 Å². The minimum atomic E-state index is 0.203. The number of ether oxygens (including phenoxy) is 1. The molecule has 72 valence electrons. The molecule has 0 aromatic heterocycles. The molecule has 0 fully saturated rings. The fraction of sp³-hybridized carbons (Fsp3) is 0.500. The van der Waals surface area contributed by atoms with E-state index < -0.39 is 0 Å². The normalized spacial score (nSPS) is 11.7. The Morgan fingerprint density at radius 2 is 1.77 bits per heavy atom. The largest absolute Gasteiger partial charge is 0.380 e. The zero-order chi connectivity index (χ0) is 9.90. The predicted octanol–water partition coefficient (Wildman–Crippen LogP) is 3.13. The van der Waals surface area contributed by atoms with Gasteiger partial charge in [-0.2, -0.15) is 0 Å². The van der Waals surface area contributed by atoms with E-state index in [2.05, 4.69) is 45.0 Å². The van der Waals surface area contributed by atoms with Crippen LogP contribution in [0.25, 0.3) is 0 Å². The molecule has 0 heterocycles. The maximum absolute atomic E-state index is 5.16. The van der Waals surface area contributed by atoms with Crippen molar-refractivity contribution < 1.29 is 4.74 Å². The Kier molecular flexibility index (Phi) is 3.10. The summed E-state index contributed by atoms with van der Waals surface area (Å²) in [5.74, 6) is 0. The van der Waals surface area contributed by atoms with Crippen LogP contribution in [0.15, 0.2) is 24.3 Å². The van der Waals surface area contributed by atoms with E-state index in [1.54, 1.807) is 7.11 Å². The van der Waals surface area contributed by atoms with Crippen LogP contribution in [0.3, 0.4) is 0 Å². The Balaban J connectivity index is 3.05. The average molecular weight is 178 g/mol. The summed E-state index contributed by atoms with van der Waals surface area (Å²) in [4.78, 5) is 0. The quantitative estimate of drug-likeness (QED) is 0.676. The van der Waals surface area contributed by atoms with Crippen LogP contribution in [0.1, 0.15) is 31.9 Å². The first kappa shape index (κ1) is 10.3. The second kappa shape index (κ2) is 3.93. The van der Waals surface area contributed by atoms with Gasteiger partial charge in [0.1, 0.15) is 0 Å². The Hall–Kier alpha value is -0.820. The maximum Gasteiger partial charge on any atom is 0.0715 e. The van der Waals surface area contributed by atoms with Crippen LogP contribution >= 0.6 is 0 Å². The second-order valence-electron chi connectivity index (χ2n) is 4.34. The molecule has 1 rings (SSSR count). The smallest absolute Gasteiger partial charge is 0.0715 e. The van der Waals surface area contributed by atoms with E-state index in [1.807, 2.05) is 0 Å². The van der Waals surface area contributed by atoms with Crippen LogP contribution in [0, 0.1) is 0 Å². The highest BCUT2D eigenvalue weighted by atomic mass is 16.5. The lowest BCUT2D eigenvalue weighted by atomic mass is 9.84. The van der Waals surface area contributed by atoms with Gasteiger partial charge in [0.05, 0.1) is 6.61 Å². The topological polar surface area (TPSA) is 9.23 Å². The van der Waals surface area contributed by atoms with Gasteiger partial charge in [-0.15, -0.1) is 0 Å². The van der Waals surface area contributed by atoms with Crippen molar-refractivity contribution in [1.29, 1.82) is 0 Å². The fourth-order valence-electron chi connectivity index (χ4n) is 1.53. The molecule has 0 radical (unpaired) electrons. The molecule has 0 unspecified atom stereocenters. The first-order chi connectivity index (χ1) is 6.05. The van der Waals surface area contributed by atoms with E-state index in [-0.39, 0.29) is 5.41 Å². The summed E-state index contributed by atoms with van der Waals surface area (Å²) in [6.45, 7) is 7.37. The third-order valence-corrected chi connectivity index (χ3v) is 2.13. The van der Waals surface area contributed by atoms with Gasteiger partial charge in [0.2, 0.25) is 0 Å². The van der Waals surface area contributed by atoms with Crippen LogP contribution in [0.4, 0.5) is 0 Å². The lowest BCUT2D eigenvalue weighted by molar-refractivity contribution is 0.183. The van der Waals surface area contributed by atoms with Gasteiger partial charge in [0.25, 0.3) is 0 Å². The summed E-state index contributed by atoms with van der Waals surface area (Å²) in [7, 11) is 1.74. The van der Waals surface area contributed by atoms with Crippen LogP contribution in [-0.4, -0.2) is 7.11 Å². The van der Waals surface area contributed by atoms with Crippen molar-refractivity contribution in [3.05, 3.63) is 35.4 Å². The van der Waals surface area contributed by atoms with Crippen molar-refractivity contribution in [3.63, 3.8) is 0 Å². The molecule has 1 heteroatoms. The third-order valence-electron chi connectivity index (χ3n) is 2.13. The van der Waals surface area contributed by atoms with Crippen LogP contribution in [-0.2, 0) is 16.8 Å². The molecule has 0 saturated carbocycles. The van der Waals surface area contributed by atoms with Crippen LogP contribution < -0.4 is 0 Å². The Bertz CT molecular complexity index is 271. The third kappa shape index (κ3) is 2.56. The van der Waals surface area contributed by atoms with Gasteiger partial charge in [-0.3, -0.25) is 0 Å². The van der Waals surface area contributed by atoms with E-state index in [0.717, 1.165) is 0 Å². The average Bonchev–Trinajstić information content (AvgIpc) is 2.04.